The van der Waals surface area contributed by atoms with Crippen LogP contribution in [0.3, 0.4) is 0 Å². The van der Waals surface area contributed by atoms with E-state index in [2.05, 4.69) is 9.71 Å². The normalized spacial score (nSPS) is 17.8. The highest BCUT2D eigenvalue weighted by Crippen LogP contribution is 2.22. The summed E-state index contributed by atoms with van der Waals surface area (Å²) >= 11 is 1.90. The zero-order valence-corrected chi connectivity index (χ0v) is 11.5. The Bertz CT molecular complexity index is 547. The highest BCUT2D eigenvalue weighted by molar-refractivity contribution is 7.99. The van der Waals surface area contributed by atoms with Crippen LogP contribution in [0.25, 0.3) is 0 Å². The van der Waals surface area contributed by atoms with Gasteiger partial charge in [-0.25, -0.2) is 13.1 Å². The van der Waals surface area contributed by atoms with Gasteiger partial charge in [-0.05, 0) is 30.3 Å². The van der Waals surface area contributed by atoms with Gasteiger partial charge < -0.3 is 4.98 Å². The Labute approximate surface area is 110 Å². The van der Waals surface area contributed by atoms with Crippen LogP contribution in [0, 0.1) is 5.92 Å². The van der Waals surface area contributed by atoms with Crippen LogP contribution in [0.4, 0.5) is 0 Å². The lowest BCUT2D eigenvalue weighted by Crippen LogP contribution is -2.33. The van der Waals surface area contributed by atoms with Crippen LogP contribution in [0.5, 0.6) is 0 Å². The van der Waals surface area contributed by atoms with Gasteiger partial charge in [0.15, 0.2) is 0 Å². The minimum Gasteiger partial charge on any atom is -0.366 e. The fourth-order valence-electron chi connectivity index (χ4n) is 1.87. The van der Waals surface area contributed by atoms with Crippen molar-refractivity contribution < 1.29 is 8.42 Å². The van der Waals surface area contributed by atoms with E-state index in [1.807, 2.05) is 11.8 Å². The van der Waals surface area contributed by atoms with E-state index in [4.69, 9.17) is 0 Å². The molecule has 5 nitrogen and oxygen atoms in total. The predicted molar refractivity (Wildman–Crippen MR) is 72.3 cm³/mol. The van der Waals surface area contributed by atoms with Crippen LogP contribution in [0.1, 0.15) is 12.8 Å². The van der Waals surface area contributed by atoms with E-state index in [-0.39, 0.29) is 4.90 Å². The van der Waals surface area contributed by atoms with Crippen molar-refractivity contribution in [2.45, 2.75) is 17.7 Å². The minimum absolute atomic E-state index is 0.213. The number of H-pyrrole nitrogens is 1. The number of hydrogen-bond acceptors (Lipinski definition) is 4. The van der Waals surface area contributed by atoms with E-state index >= 15 is 0 Å². The Morgan fingerprint density at radius 3 is 2.78 bits per heavy atom. The first-order valence-electron chi connectivity index (χ1n) is 5.84. The standard InChI is InChI=1S/C11H16N2O3S2/c14-10-1-4-12-8-11(10)18(15,16)13-7-9-2-5-17-6-3-9/h1,4,8-9,13H,2-3,5-7H2,(H,12,14). The minimum atomic E-state index is -3.69. The number of hydrogen-bond donors (Lipinski definition) is 2. The number of aromatic amines is 1. The second-order valence-corrected chi connectivity index (χ2v) is 7.24. The number of nitrogens with one attached hydrogen (secondary N) is 2. The molecule has 0 radical (unpaired) electrons. The lowest BCUT2D eigenvalue weighted by Gasteiger charge is -2.21. The Kier molecular flexibility index (Phi) is 4.47. The lowest BCUT2D eigenvalue weighted by molar-refractivity contribution is 0.476. The zero-order valence-electron chi connectivity index (χ0n) is 9.89. The maximum atomic E-state index is 12.0. The molecular formula is C11H16N2O3S2. The quantitative estimate of drug-likeness (QED) is 0.859. The van der Waals surface area contributed by atoms with Gasteiger partial charge in [-0.15, -0.1) is 0 Å². The molecule has 0 saturated carbocycles. The molecule has 0 spiro atoms. The van der Waals surface area contributed by atoms with E-state index < -0.39 is 15.5 Å². The molecule has 1 fully saturated rings. The van der Waals surface area contributed by atoms with Gasteiger partial charge in [-0.2, -0.15) is 11.8 Å². The van der Waals surface area contributed by atoms with Crippen molar-refractivity contribution in [2.24, 2.45) is 5.92 Å². The van der Waals surface area contributed by atoms with Crippen LogP contribution >= 0.6 is 11.8 Å². The summed E-state index contributed by atoms with van der Waals surface area (Å²) in [6, 6.07) is 1.21. The van der Waals surface area contributed by atoms with Gasteiger partial charge in [0.2, 0.25) is 15.5 Å². The van der Waals surface area contributed by atoms with Crippen LogP contribution in [0.15, 0.2) is 28.2 Å². The Morgan fingerprint density at radius 1 is 1.39 bits per heavy atom. The van der Waals surface area contributed by atoms with E-state index in [0.29, 0.717) is 12.5 Å². The van der Waals surface area contributed by atoms with Crippen molar-refractivity contribution >= 4 is 21.8 Å². The summed E-state index contributed by atoms with van der Waals surface area (Å²) in [6.07, 6.45) is 4.69. The molecule has 7 heteroatoms. The first-order valence-corrected chi connectivity index (χ1v) is 8.48. The van der Waals surface area contributed by atoms with Crippen molar-refractivity contribution in [1.82, 2.24) is 9.71 Å². The molecule has 1 aliphatic rings. The van der Waals surface area contributed by atoms with Crippen molar-refractivity contribution in [2.75, 3.05) is 18.1 Å². The summed E-state index contributed by atoms with van der Waals surface area (Å²) in [4.78, 5) is 13.9. The second-order valence-electron chi connectivity index (χ2n) is 4.28. The van der Waals surface area contributed by atoms with Crippen molar-refractivity contribution in [3.8, 4) is 0 Å². The van der Waals surface area contributed by atoms with Gasteiger partial charge >= 0.3 is 0 Å². The van der Waals surface area contributed by atoms with Crippen molar-refractivity contribution in [3.05, 3.63) is 28.7 Å². The zero-order chi connectivity index (χ0) is 13.0. The van der Waals surface area contributed by atoms with Gasteiger partial charge in [0, 0.05) is 25.0 Å². The molecule has 0 aliphatic carbocycles. The molecule has 0 atom stereocenters. The summed E-state index contributed by atoms with van der Waals surface area (Å²) in [6.45, 7) is 0.414. The van der Waals surface area contributed by atoms with E-state index in [1.165, 1.54) is 18.5 Å². The third-order valence-corrected chi connectivity index (χ3v) is 5.47. The Morgan fingerprint density at radius 2 is 2.11 bits per heavy atom. The number of thioether (sulfide) groups is 1. The summed E-state index contributed by atoms with van der Waals surface area (Å²) in [5, 5.41) is 0. The average molecular weight is 288 g/mol. The molecule has 18 heavy (non-hydrogen) atoms. The first kappa shape index (κ1) is 13.6. The summed E-state index contributed by atoms with van der Waals surface area (Å²) in [7, 11) is -3.69. The number of pyridine rings is 1. The van der Waals surface area contributed by atoms with Gasteiger partial charge in [0.1, 0.15) is 4.90 Å². The third kappa shape index (κ3) is 3.37. The maximum absolute atomic E-state index is 12.0. The second kappa shape index (κ2) is 5.90. The van der Waals surface area contributed by atoms with Crippen molar-refractivity contribution in [1.29, 1.82) is 0 Å². The number of aromatic nitrogens is 1. The Balaban J connectivity index is 2.03. The molecule has 0 unspecified atom stereocenters. The SMILES string of the molecule is O=c1cc[nH]cc1S(=O)(=O)NCC1CCSCC1. The molecule has 2 rings (SSSR count). The van der Waals surface area contributed by atoms with Crippen LogP contribution in [-0.4, -0.2) is 31.5 Å². The molecular weight excluding hydrogens is 272 g/mol. The smallest absolute Gasteiger partial charge is 0.245 e. The largest absolute Gasteiger partial charge is 0.366 e. The van der Waals surface area contributed by atoms with Gasteiger partial charge in [0.25, 0.3) is 0 Å². The Hall–Kier alpha value is -0.790. The number of sulfonamides is 1. The molecule has 1 aliphatic heterocycles. The molecule has 0 bridgehead atoms. The van der Waals surface area contributed by atoms with Crippen LogP contribution < -0.4 is 10.2 Å². The van der Waals surface area contributed by atoms with Crippen molar-refractivity contribution in [3.63, 3.8) is 0 Å². The molecule has 0 amide bonds. The number of rotatable bonds is 4. The fraction of sp³-hybridized carbons (Fsp3) is 0.545. The summed E-state index contributed by atoms with van der Waals surface area (Å²) in [5.74, 6) is 2.54. The average Bonchev–Trinajstić information content (AvgIpc) is 2.38. The lowest BCUT2D eigenvalue weighted by atomic mass is 10.0. The highest BCUT2D eigenvalue weighted by atomic mass is 32.2. The molecule has 2 heterocycles. The summed E-state index contributed by atoms with van der Waals surface area (Å²) in [5.41, 5.74) is -0.486. The summed E-state index contributed by atoms with van der Waals surface area (Å²) < 4.78 is 26.4. The van der Waals surface area contributed by atoms with E-state index in [9.17, 15) is 13.2 Å². The molecule has 1 aromatic heterocycles. The van der Waals surface area contributed by atoms with Gasteiger partial charge in [-0.3, -0.25) is 4.79 Å². The molecule has 2 N–H and O–H groups in total. The molecule has 100 valence electrons. The third-order valence-electron chi connectivity index (χ3n) is 2.98. The monoisotopic (exact) mass is 288 g/mol. The van der Waals surface area contributed by atoms with Crippen LogP contribution in [-0.2, 0) is 10.0 Å². The molecule has 1 saturated heterocycles. The van der Waals surface area contributed by atoms with Crippen LogP contribution in [0.2, 0.25) is 0 Å². The molecule has 1 aromatic rings. The van der Waals surface area contributed by atoms with E-state index in [0.717, 1.165) is 24.3 Å². The topological polar surface area (TPSA) is 79.0 Å². The fourth-order valence-corrected chi connectivity index (χ4v) is 4.24. The van der Waals surface area contributed by atoms with Gasteiger partial charge in [-0.1, -0.05) is 0 Å². The highest BCUT2D eigenvalue weighted by Gasteiger charge is 2.20. The van der Waals surface area contributed by atoms with Gasteiger partial charge in [0.05, 0.1) is 0 Å². The predicted octanol–water partition coefficient (Wildman–Crippen LogP) is 0.796. The molecule has 0 aromatic carbocycles. The first-order chi connectivity index (χ1) is 8.59. The van der Waals surface area contributed by atoms with E-state index in [1.54, 1.807) is 0 Å². The maximum Gasteiger partial charge on any atom is 0.245 e.